The summed E-state index contributed by atoms with van der Waals surface area (Å²) in [4.78, 5) is 20.7. The molecule has 106 valence electrons. The zero-order valence-corrected chi connectivity index (χ0v) is 14.5. The monoisotopic (exact) mass is 338 g/mol. The van der Waals surface area contributed by atoms with Crippen molar-refractivity contribution in [3.05, 3.63) is 65.2 Å². The molecule has 0 fully saturated rings. The number of carboxylic acid groups (broad SMARTS) is 2. The number of para-hydroxylation sites is 1. The molecule has 0 aromatic heterocycles. The molecule has 6 heteroatoms. The number of rotatable bonds is 2. The van der Waals surface area contributed by atoms with Crippen LogP contribution in [0.1, 0.15) is 26.3 Å². The van der Waals surface area contributed by atoms with Crippen LogP contribution in [0.5, 0.6) is 5.75 Å². The standard InChI is InChI=1S/C8H8O2.C7H6O3.Zn/c1-6-4-2-3-5-7(6)8(9)10;8-6-4-2-1-3-5(6)7(9)10;/h2-5H,1H3,(H,9,10);1-4,8H,(H,9,10);. The summed E-state index contributed by atoms with van der Waals surface area (Å²) in [5.41, 5.74) is 1.11. The number of phenols is 1. The first-order chi connectivity index (χ1) is 9.43. The van der Waals surface area contributed by atoms with E-state index in [1.54, 1.807) is 37.3 Å². The molecule has 0 atom stereocenters. The molecular formula is C15H14O5Zn. The van der Waals surface area contributed by atoms with Crippen LogP contribution in [0.2, 0.25) is 0 Å². The number of benzene rings is 2. The Morgan fingerprint density at radius 3 is 1.57 bits per heavy atom. The summed E-state index contributed by atoms with van der Waals surface area (Å²) < 4.78 is 0. The van der Waals surface area contributed by atoms with Crippen LogP contribution < -0.4 is 0 Å². The molecule has 5 nitrogen and oxygen atoms in total. The van der Waals surface area contributed by atoms with Gasteiger partial charge in [-0.05, 0) is 30.7 Å². The van der Waals surface area contributed by atoms with Gasteiger partial charge in [0.15, 0.2) is 0 Å². The van der Waals surface area contributed by atoms with Crippen LogP contribution in [-0.2, 0) is 19.5 Å². The van der Waals surface area contributed by atoms with E-state index in [1.165, 1.54) is 12.1 Å². The fourth-order valence-corrected chi connectivity index (χ4v) is 1.47. The van der Waals surface area contributed by atoms with Crippen molar-refractivity contribution < 1.29 is 44.4 Å². The number of hydrogen-bond acceptors (Lipinski definition) is 3. The van der Waals surface area contributed by atoms with Gasteiger partial charge < -0.3 is 15.3 Å². The first kappa shape index (κ1) is 18.8. The average molecular weight is 340 g/mol. The smallest absolute Gasteiger partial charge is 0.339 e. The van der Waals surface area contributed by atoms with E-state index in [9.17, 15) is 9.59 Å². The van der Waals surface area contributed by atoms with E-state index in [4.69, 9.17) is 15.3 Å². The Balaban J connectivity index is 0.000000364. The van der Waals surface area contributed by atoms with Gasteiger partial charge in [0, 0.05) is 19.5 Å². The zero-order chi connectivity index (χ0) is 15.1. The van der Waals surface area contributed by atoms with Crippen molar-refractivity contribution in [2.24, 2.45) is 0 Å². The molecule has 0 aliphatic heterocycles. The molecule has 0 saturated carbocycles. The predicted molar refractivity (Wildman–Crippen MR) is 73.2 cm³/mol. The number of hydrogen-bond donors (Lipinski definition) is 3. The van der Waals surface area contributed by atoms with Gasteiger partial charge in [-0.1, -0.05) is 30.3 Å². The molecule has 0 spiro atoms. The molecule has 0 aliphatic rings. The third-order valence-corrected chi connectivity index (χ3v) is 2.51. The van der Waals surface area contributed by atoms with Crippen molar-refractivity contribution in [3.8, 4) is 5.75 Å². The molecule has 0 heterocycles. The van der Waals surface area contributed by atoms with Gasteiger partial charge in [0.05, 0.1) is 5.56 Å². The maximum absolute atomic E-state index is 10.4. The summed E-state index contributed by atoms with van der Waals surface area (Å²) in [6, 6.07) is 12.7. The van der Waals surface area contributed by atoms with Crippen molar-refractivity contribution in [2.75, 3.05) is 0 Å². The molecule has 0 amide bonds. The van der Waals surface area contributed by atoms with Crippen LogP contribution >= 0.6 is 0 Å². The van der Waals surface area contributed by atoms with E-state index in [2.05, 4.69) is 0 Å². The Morgan fingerprint density at radius 2 is 1.24 bits per heavy atom. The number of carbonyl (C=O) groups is 2. The minimum absolute atomic E-state index is 0. The molecule has 2 rings (SSSR count). The fourth-order valence-electron chi connectivity index (χ4n) is 1.47. The van der Waals surface area contributed by atoms with Crippen LogP contribution in [0.15, 0.2) is 48.5 Å². The van der Waals surface area contributed by atoms with Gasteiger partial charge >= 0.3 is 11.9 Å². The van der Waals surface area contributed by atoms with Crippen molar-refractivity contribution in [1.29, 1.82) is 0 Å². The molecule has 0 radical (unpaired) electrons. The van der Waals surface area contributed by atoms with Gasteiger partial charge in [0.2, 0.25) is 0 Å². The second-order valence-electron chi connectivity index (χ2n) is 3.94. The molecule has 21 heavy (non-hydrogen) atoms. The molecule has 0 saturated heterocycles. The minimum atomic E-state index is -1.11. The minimum Gasteiger partial charge on any atom is -0.507 e. The van der Waals surface area contributed by atoms with E-state index in [0.29, 0.717) is 5.56 Å². The van der Waals surface area contributed by atoms with Crippen molar-refractivity contribution in [2.45, 2.75) is 6.92 Å². The average Bonchev–Trinajstić information content (AvgIpc) is 2.40. The number of aromatic carboxylic acids is 2. The number of carboxylic acids is 2. The van der Waals surface area contributed by atoms with Crippen molar-refractivity contribution in [1.82, 2.24) is 0 Å². The van der Waals surface area contributed by atoms with Gasteiger partial charge in [-0.15, -0.1) is 0 Å². The van der Waals surface area contributed by atoms with E-state index in [1.807, 2.05) is 6.07 Å². The summed E-state index contributed by atoms with van der Waals surface area (Å²) >= 11 is 0. The van der Waals surface area contributed by atoms with Crippen LogP contribution in [0.4, 0.5) is 0 Å². The van der Waals surface area contributed by atoms with Crippen LogP contribution in [0.25, 0.3) is 0 Å². The maximum Gasteiger partial charge on any atom is 0.339 e. The summed E-state index contributed by atoms with van der Waals surface area (Å²) in [7, 11) is 0. The number of aryl methyl sites for hydroxylation is 1. The molecule has 0 aliphatic carbocycles. The largest absolute Gasteiger partial charge is 0.507 e. The van der Waals surface area contributed by atoms with Crippen LogP contribution in [0.3, 0.4) is 0 Å². The quantitative estimate of drug-likeness (QED) is 0.731. The fraction of sp³-hybridized carbons (Fsp3) is 0.0667. The normalized spacial score (nSPS) is 8.81. The Bertz CT molecular complexity index is 569. The molecule has 3 N–H and O–H groups in total. The van der Waals surface area contributed by atoms with E-state index in [-0.39, 0.29) is 30.8 Å². The molecule has 2 aromatic carbocycles. The third-order valence-electron chi connectivity index (χ3n) is 2.51. The maximum atomic E-state index is 10.4. The predicted octanol–water partition coefficient (Wildman–Crippen LogP) is 2.78. The topological polar surface area (TPSA) is 94.8 Å². The zero-order valence-electron chi connectivity index (χ0n) is 11.5. The molecular weight excluding hydrogens is 326 g/mol. The Kier molecular flexibility index (Phi) is 7.94. The van der Waals surface area contributed by atoms with E-state index < -0.39 is 11.9 Å². The van der Waals surface area contributed by atoms with Gasteiger partial charge in [0.1, 0.15) is 11.3 Å². The first-order valence-electron chi connectivity index (χ1n) is 5.73. The Morgan fingerprint density at radius 1 is 0.810 bits per heavy atom. The molecule has 0 unspecified atom stereocenters. The van der Waals surface area contributed by atoms with Crippen molar-refractivity contribution in [3.63, 3.8) is 0 Å². The Hall–Kier alpha value is -2.20. The van der Waals surface area contributed by atoms with Crippen molar-refractivity contribution >= 4 is 11.9 Å². The number of aromatic hydroxyl groups is 1. The van der Waals surface area contributed by atoms with E-state index >= 15 is 0 Å². The van der Waals surface area contributed by atoms with Gasteiger partial charge in [-0.25, -0.2) is 9.59 Å². The van der Waals surface area contributed by atoms with Gasteiger partial charge in [-0.2, -0.15) is 0 Å². The van der Waals surface area contributed by atoms with Gasteiger partial charge in [-0.3, -0.25) is 0 Å². The SMILES string of the molecule is Cc1ccccc1C(=O)O.O=C(O)c1ccccc1O.[Zn]. The second-order valence-corrected chi connectivity index (χ2v) is 3.94. The molecule has 0 bridgehead atoms. The summed E-state index contributed by atoms with van der Waals surface area (Å²) in [5, 5.41) is 25.9. The third kappa shape index (κ3) is 5.75. The Labute approximate surface area is 134 Å². The summed E-state index contributed by atoms with van der Waals surface area (Å²) in [6.07, 6.45) is 0. The summed E-state index contributed by atoms with van der Waals surface area (Å²) in [6.45, 7) is 1.78. The second kappa shape index (κ2) is 8.87. The van der Waals surface area contributed by atoms with Gasteiger partial charge in [0.25, 0.3) is 0 Å². The van der Waals surface area contributed by atoms with Crippen LogP contribution in [0, 0.1) is 6.92 Å². The first-order valence-corrected chi connectivity index (χ1v) is 5.73. The summed E-state index contributed by atoms with van der Waals surface area (Å²) in [5.74, 6) is -2.17. The van der Waals surface area contributed by atoms with Crippen LogP contribution in [-0.4, -0.2) is 27.3 Å². The van der Waals surface area contributed by atoms with E-state index in [0.717, 1.165) is 5.56 Å². The molecule has 2 aromatic rings.